The van der Waals surface area contributed by atoms with Crippen LogP contribution in [-0.2, 0) is 0 Å². The van der Waals surface area contributed by atoms with Crippen molar-refractivity contribution in [2.75, 3.05) is 19.6 Å². The van der Waals surface area contributed by atoms with Crippen LogP contribution in [0.1, 0.15) is 48.6 Å². The molecule has 2 bridgehead atoms. The average Bonchev–Trinajstić information content (AvgIpc) is 3.11. The topological polar surface area (TPSA) is 3.24 Å². The van der Waals surface area contributed by atoms with Gasteiger partial charge in [-0.1, -0.05) is 24.3 Å². The molecule has 3 aliphatic rings. The summed E-state index contributed by atoms with van der Waals surface area (Å²) >= 11 is 0. The van der Waals surface area contributed by atoms with Gasteiger partial charge in [0.05, 0.1) is 0 Å². The van der Waals surface area contributed by atoms with Gasteiger partial charge < -0.3 is 4.90 Å². The summed E-state index contributed by atoms with van der Waals surface area (Å²) in [7, 11) is 0. The molecule has 0 N–H and O–H groups in total. The molecule has 18 heavy (non-hydrogen) atoms. The fourth-order valence-electron chi connectivity index (χ4n) is 3.87. The van der Waals surface area contributed by atoms with Gasteiger partial charge in [0.25, 0.3) is 0 Å². The van der Waals surface area contributed by atoms with Gasteiger partial charge >= 0.3 is 0 Å². The Balaban J connectivity index is 0.000001000. The highest BCUT2D eigenvalue weighted by molar-refractivity contribution is 5.85. The third-order valence-corrected chi connectivity index (χ3v) is 4.93. The maximum atomic E-state index is 2.75. The molecule has 2 atom stereocenters. The first-order chi connectivity index (χ1) is 8.40. The van der Waals surface area contributed by atoms with Gasteiger partial charge in [-0.2, -0.15) is 0 Å². The number of hydrogen-bond acceptors (Lipinski definition) is 1. The van der Waals surface area contributed by atoms with E-state index in [1.54, 1.807) is 11.1 Å². The van der Waals surface area contributed by atoms with Crippen LogP contribution in [0.25, 0.3) is 0 Å². The highest BCUT2D eigenvalue weighted by Crippen LogP contribution is 2.46. The van der Waals surface area contributed by atoms with Crippen LogP contribution in [0.15, 0.2) is 24.3 Å². The SMILES string of the molecule is Cl.c1ccc2c(c1)C1CCN(CC3CC3)CC2C1. The van der Waals surface area contributed by atoms with Gasteiger partial charge in [0.2, 0.25) is 0 Å². The molecule has 1 aliphatic heterocycles. The van der Waals surface area contributed by atoms with Crippen molar-refractivity contribution in [3.8, 4) is 0 Å². The molecule has 2 unspecified atom stereocenters. The number of hydrogen-bond donors (Lipinski definition) is 0. The molecule has 4 rings (SSSR count). The zero-order valence-electron chi connectivity index (χ0n) is 10.8. The number of likely N-dealkylation sites (tertiary alicyclic amines) is 1. The fraction of sp³-hybridized carbons (Fsp3) is 0.625. The number of nitrogens with zero attached hydrogens (tertiary/aromatic N) is 1. The number of halogens is 1. The molecule has 1 heterocycles. The predicted molar refractivity (Wildman–Crippen MR) is 77.6 cm³/mol. The Labute approximate surface area is 116 Å². The summed E-state index contributed by atoms with van der Waals surface area (Å²) in [5, 5.41) is 0. The van der Waals surface area contributed by atoms with E-state index in [0.29, 0.717) is 0 Å². The lowest BCUT2D eigenvalue weighted by Crippen LogP contribution is -2.30. The lowest BCUT2D eigenvalue weighted by atomic mass is 9.97. The maximum absolute atomic E-state index is 2.75. The lowest BCUT2D eigenvalue weighted by Gasteiger charge is -2.25. The van der Waals surface area contributed by atoms with E-state index >= 15 is 0 Å². The van der Waals surface area contributed by atoms with E-state index in [-0.39, 0.29) is 12.4 Å². The first-order valence-corrected chi connectivity index (χ1v) is 7.21. The number of rotatable bonds is 2. The molecule has 0 radical (unpaired) electrons. The molecule has 1 saturated carbocycles. The Hall–Kier alpha value is -0.530. The van der Waals surface area contributed by atoms with Crippen LogP contribution in [-0.4, -0.2) is 24.5 Å². The molecule has 0 amide bonds. The first-order valence-electron chi connectivity index (χ1n) is 7.21. The Morgan fingerprint density at radius 2 is 1.72 bits per heavy atom. The summed E-state index contributed by atoms with van der Waals surface area (Å²) < 4.78 is 0. The molecule has 0 spiro atoms. The normalized spacial score (nSPS) is 30.4. The van der Waals surface area contributed by atoms with E-state index in [0.717, 1.165) is 17.8 Å². The van der Waals surface area contributed by atoms with Gasteiger partial charge in [0.15, 0.2) is 0 Å². The maximum Gasteiger partial charge on any atom is 0.00507 e. The Morgan fingerprint density at radius 3 is 2.44 bits per heavy atom. The molecule has 2 heteroatoms. The minimum absolute atomic E-state index is 0. The number of benzene rings is 1. The largest absolute Gasteiger partial charge is 0.302 e. The van der Waals surface area contributed by atoms with Crippen LogP contribution in [0.2, 0.25) is 0 Å². The Morgan fingerprint density at radius 1 is 1.00 bits per heavy atom. The van der Waals surface area contributed by atoms with Crippen LogP contribution < -0.4 is 0 Å². The lowest BCUT2D eigenvalue weighted by molar-refractivity contribution is 0.259. The van der Waals surface area contributed by atoms with E-state index in [9.17, 15) is 0 Å². The molecule has 2 aliphatic carbocycles. The second-order valence-corrected chi connectivity index (χ2v) is 6.25. The van der Waals surface area contributed by atoms with E-state index in [4.69, 9.17) is 0 Å². The van der Waals surface area contributed by atoms with Crippen LogP contribution in [0.5, 0.6) is 0 Å². The molecule has 98 valence electrons. The fourth-order valence-corrected chi connectivity index (χ4v) is 3.87. The smallest absolute Gasteiger partial charge is 0.00507 e. The average molecular weight is 264 g/mol. The molecular weight excluding hydrogens is 242 g/mol. The Kier molecular flexibility index (Phi) is 3.38. The minimum atomic E-state index is 0. The highest BCUT2D eigenvalue weighted by atomic mass is 35.5. The van der Waals surface area contributed by atoms with Crippen molar-refractivity contribution in [1.29, 1.82) is 0 Å². The van der Waals surface area contributed by atoms with Gasteiger partial charge in [-0.25, -0.2) is 0 Å². The van der Waals surface area contributed by atoms with E-state index in [1.165, 1.54) is 45.3 Å². The van der Waals surface area contributed by atoms with Crippen molar-refractivity contribution < 1.29 is 0 Å². The van der Waals surface area contributed by atoms with E-state index in [2.05, 4.69) is 29.2 Å². The Bertz CT molecular complexity index is 427. The molecule has 1 aromatic rings. The summed E-state index contributed by atoms with van der Waals surface area (Å²) in [5.41, 5.74) is 3.33. The molecule has 1 nitrogen and oxygen atoms in total. The number of fused-ring (bicyclic) bond motifs is 5. The predicted octanol–water partition coefficient (Wildman–Crippen LogP) is 3.80. The third-order valence-electron chi connectivity index (χ3n) is 4.93. The zero-order valence-corrected chi connectivity index (χ0v) is 11.7. The van der Waals surface area contributed by atoms with Gasteiger partial charge in [0.1, 0.15) is 0 Å². The van der Waals surface area contributed by atoms with Gasteiger partial charge in [-0.15, -0.1) is 12.4 Å². The highest BCUT2D eigenvalue weighted by Gasteiger charge is 2.35. The third kappa shape index (κ3) is 2.19. The van der Waals surface area contributed by atoms with Crippen molar-refractivity contribution in [2.45, 2.75) is 37.5 Å². The van der Waals surface area contributed by atoms with E-state index < -0.39 is 0 Å². The van der Waals surface area contributed by atoms with Crippen LogP contribution >= 0.6 is 12.4 Å². The molecule has 1 aromatic carbocycles. The quantitative estimate of drug-likeness (QED) is 0.785. The van der Waals surface area contributed by atoms with Crippen LogP contribution in [0, 0.1) is 5.92 Å². The summed E-state index contributed by atoms with van der Waals surface area (Å²) in [6, 6.07) is 9.19. The van der Waals surface area contributed by atoms with Crippen molar-refractivity contribution in [3.63, 3.8) is 0 Å². The summed E-state index contributed by atoms with van der Waals surface area (Å²) in [4.78, 5) is 2.75. The van der Waals surface area contributed by atoms with Crippen molar-refractivity contribution in [1.82, 2.24) is 4.90 Å². The molecule has 1 saturated heterocycles. The van der Waals surface area contributed by atoms with Gasteiger partial charge in [-0.05, 0) is 61.1 Å². The van der Waals surface area contributed by atoms with Crippen molar-refractivity contribution in [3.05, 3.63) is 35.4 Å². The van der Waals surface area contributed by atoms with Gasteiger partial charge in [-0.3, -0.25) is 0 Å². The standard InChI is InChI=1S/C16H21N.ClH/c1-2-4-16-14-9-13(15(16)3-1)7-8-17(11-14)10-12-5-6-12;/h1-4,12-14H,5-11H2;1H. The minimum Gasteiger partial charge on any atom is -0.302 e. The second kappa shape index (κ2) is 4.86. The van der Waals surface area contributed by atoms with Crippen molar-refractivity contribution in [2.24, 2.45) is 5.92 Å². The van der Waals surface area contributed by atoms with E-state index in [1.807, 2.05) is 0 Å². The van der Waals surface area contributed by atoms with Gasteiger partial charge in [0, 0.05) is 13.1 Å². The van der Waals surface area contributed by atoms with Crippen LogP contribution in [0.4, 0.5) is 0 Å². The summed E-state index contributed by atoms with van der Waals surface area (Å²) in [6.45, 7) is 4.04. The monoisotopic (exact) mass is 263 g/mol. The molecule has 2 fully saturated rings. The molecule has 0 aromatic heterocycles. The molecular formula is C16H22ClN. The van der Waals surface area contributed by atoms with Crippen molar-refractivity contribution >= 4 is 12.4 Å². The first kappa shape index (κ1) is 12.5. The zero-order chi connectivity index (χ0) is 11.2. The summed E-state index contributed by atoms with van der Waals surface area (Å²) in [6.07, 6.45) is 5.78. The second-order valence-electron chi connectivity index (χ2n) is 6.25. The van der Waals surface area contributed by atoms with Crippen LogP contribution in [0.3, 0.4) is 0 Å². The summed E-state index contributed by atoms with van der Waals surface area (Å²) in [5.74, 6) is 2.74.